The van der Waals surface area contributed by atoms with Crippen molar-refractivity contribution in [1.29, 1.82) is 0 Å². The molecule has 0 aliphatic heterocycles. The Labute approximate surface area is 187 Å². The maximum Gasteiger partial charge on any atom is 0.411 e. The molecule has 1 rings (SSSR count). The number of esters is 1. The van der Waals surface area contributed by atoms with Crippen molar-refractivity contribution in [2.45, 2.75) is 40.5 Å². The molecular formula is C22H32N2O8. The summed E-state index contributed by atoms with van der Waals surface area (Å²) in [7, 11) is 0. The van der Waals surface area contributed by atoms with Gasteiger partial charge in [0.25, 0.3) is 5.91 Å². The largest absolute Gasteiger partial charge is 0.481 e. The number of carboxylic acid groups (broad SMARTS) is 1. The third kappa shape index (κ3) is 8.18. The summed E-state index contributed by atoms with van der Waals surface area (Å²) in [6.45, 7) is 6.32. The molecule has 1 aromatic rings. The summed E-state index contributed by atoms with van der Waals surface area (Å²) in [6, 6.07) is 4.69. The predicted molar refractivity (Wildman–Crippen MR) is 116 cm³/mol. The Morgan fingerprint density at radius 3 is 2.38 bits per heavy atom. The lowest BCUT2D eigenvalue weighted by molar-refractivity contribution is -0.158. The van der Waals surface area contributed by atoms with Gasteiger partial charge in [-0.05, 0) is 50.5 Å². The molecular weight excluding hydrogens is 420 g/mol. The number of aliphatic hydroxyl groups excluding tert-OH is 1. The highest BCUT2D eigenvalue weighted by Gasteiger charge is 2.36. The standard InChI is InChI=1S/C22H32N2O8/c1-5-22(4,13-15(3)19(27)28)20(29)31-10-11-32-21(30)24-16-6-7-17(14(2)12-16)18(26)23-8-9-25/h6-7,12,15,25H,5,8-11,13H2,1-4H3,(H,23,26)(H,24,30)(H,27,28). The van der Waals surface area contributed by atoms with Crippen LogP contribution in [0.2, 0.25) is 0 Å². The van der Waals surface area contributed by atoms with E-state index in [0.717, 1.165) is 0 Å². The van der Waals surface area contributed by atoms with Gasteiger partial charge in [-0.2, -0.15) is 0 Å². The van der Waals surface area contributed by atoms with Gasteiger partial charge in [-0.25, -0.2) is 4.79 Å². The number of carboxylic acids is 1. The molecule has 0 aliphatic rings. The minimum Gasteiger partial charge on any atom is -0.481 e. The molecule has 0 saturated carbocycles. The Bertz CT molecular complexity index is 826. The van der Waals surface area contributed by atoms with Crippen LogP contribution in [0.5, 0.6) is 0 Å². The molecule has 0 aromatic heterocycles. The fraction of sp³-hybridized carbons (Fsp3) is 0.545. The number of carbonyl (C=O) groups is 4. The summed E-state index contributed by atoms with van der Waals surface area (Å²) in [6.07, 6.45) is -0.194. The number of aryl methyl sites for hydroxylation is 1. The maximum absolute atomic E-state index is 12.4. The minimum absolute atomic E-state index is 0.144. The van der Waals surface area contributed by atoms with Gasteiger partial charge in [-0.1, -0.05) is 13.8 Å². The first-order valence-electron chi connectivity index (χ1n) is 10.4. The Hall–Kier alpha value is -3.14. The Morgan fingerprint density at radius 1 is 1.16 bits per heavy atom. The molecule has 2 amide bonds. The topological polar surface area (TPSA) is 151 Å². The molecule has 0 heterocycles. The van der Waals surface area contributed by atoms with Gasteiger partial charge in [-0.3, -0.25) is 19.7 Å². The van der Waals surface area contributed by atoms with Crippen molar-refractivity contribution in [2.75, 3.05) is 31.7 Å². The van der Waals surface area contributed by atoms with E-state index in [2.05, 4.69) is 10.6 Å². The van der Waals surface area contributed by atoms with Crippen molar-refractivity contribution < 1.29 is 38.9 Å². The van der Waals surface area contributed by atoms with Crippen LogP contribution in [0.25, 0.3) is 0 Å². The Balaban J connectivity index is 2.50. The van der Waals surface area contributed by atoms with E-state index in [1.54, 1.807) is 39.0 Å². The molecule has 10 nitrogen and oxygen atoms in total. The number of anilines is 1. The fourth-order valence-corrected chi connectivity index (χ4v) is 2.99. The highest BCUT2D eigenvalue weighted by Crippen LogP contribution is 2.31. The average molecular weight is 453 g/mol. The van der Waals surface area contributed by atoms with Gasteiger partial charge in [0.15, 0.2) is 0 Å². The van der Waals surface area contributed by atoms with Crippen LogP contribution in [0.1, 0.15) is 49.5 Å². The number of carbonyl (C=O) groups excluding carboxylic acids is 3. The Kier molecular flexibility index (Phi) is 10.6. The monoisotopic (exact) mass is 452 g/mol. The van der Waals surface area contributed by atoms with Gasteiger partial charge in [0.1, 0.15) is 13.2 Å². The second-order valence-corrected chi connectivity index (χ2v) is 7.76. The number of benzene rings is 1. The van der Waals surface area contributed by atoms with E-state index >= 15 is 0 Å². The average Bonchev–Trinajstić information content (AvgIpc) is 2.74. The van der Waals surface area contributed by atoms with E-state index in [9.17, 15) is 19.2 Å². The molecule has 0 spiro atoms. The molecule has 0 bridgehead atoms. The molecule has 0 radical (unpaired) electrons. The zero-order valence-corrected chi connectivity index (χ0v) is 18.9. The highest BCUT2D eigenvalue weighted by molar-refractivity contribution is 5.96. The first kappa shape index (κ1) is 26.9. The van der Waals surface area contributed by atoms with Crippen molar-refractivity contribution in [1.82, 2.24) is 5.32 Å². The number of nitrogens with one attached hydrogen (secondary N) is 2. The third-order valence-corrected chi connectivity index (χ3v) is 5.12. The SMILES string of the molecule is CCC(C)(CC(C)C(=O)O)C(=O)OCCOC(=O)Nc1ccc(C(=O)NCCO)c(C)c1. The molecule has 1 aromatic carbocycles. The van der Waals surface area contributed by atoms with E-state index in [1.165, 1.54) is 6.92 Å². The van der Waals surface area contributed by atoms with E-state index in [-0.39, 0.29) is 38.7 Å². The quantitative estimate of drug-likeness (QED) is 0.279. The molecule has 0 aliphatic carbocycles. The summed E-state index contributed by atoms with van der Waals surface area (Å²) in [5, 5.41) is 22.9. The van der Waals surface area contributed by atoms with Crippen molar-refractivity contribution in [3.05, 3.63) is 29.3 Å². The van der Waals surface area contributed by atoms with Gasteiger partial charge in [0.2, 0.25) is 0 Å². The van der Waals surface area contributed by atoms with Crippen LogP contribution < -0.4 is 10.6 Å². The van der Waals surface area contributed by atoms with Crippen molar-refractivity contribution in [3.8, 4) is 0 Å². The summed E-state index contributed by atoms with van der Waals surface area (Å²) in [4.78, 5) is 47.4. The lowest BCUT2D eigenvalue weighted by Crippen LogP contribution is -2.33. The molecule has 10 heteroatoms. The smallest absolute Gasteiger partial charge is 0.411 e. The van der Waals surface area contributed by atoms with Crippen molar-refractivity contribution in [2.24, 2.45) is 11.3 Å². The second-order valence-electron chi connectivity index (χ2n) is 7.76. The fourth-order valence-electron chi connectivity index (χ4n) is 2.99. The molecule has 32 heavy (non-hydrogen) atoms. The number of aliphatic hydroxyl groups is 1. The number of hydrogen-bond acceptors (Lipinski definition) is 7. The minimum atomic E-state index is -0.980. The molecule has 2 atom stereocenters. The molecule has 2 unspecified atom stereocenters. The first-order valence-corrected chi connectivity index (χ1v) is 10.4. The summed E-state index contributed by atoms with van der Waals surface area (Å²) in [5.41, 5.74) is 0.523. The van der Waals surface area contributed by atoms with E-state index in [0.29, 0.717) is 23.2 Å². The Morgan fingerprint density at radius 2 is 1.81 bits per heavy atom. The zero-order valence-electron chi connectivity index (χ0n) is 18.9. The van der Waals surface area contributed by atoms with Crippen LogP contribution in [0.4, 0.5) is 10.5 Å². The summed E-state index contributed by atoms with van der Waals surface area (Å²) < 4.78 is 10.2. The van der Waals surface area contributed by atoms with Gasteiger partial charge in [-0.15, -0.1) is 0 Å². The molecule has 0 saturated heterocycles. The van der Waals surface area contributed by atoms with Gasteiger partial charge < -0.3 is 25.0 Å². The summed E-state index contributed by atoms with van der Waals surface area (Å²) in [5.74, 6) is -2.54. The third-order valence-electron chi connectivity index (χ3n) is 5.12. The van der Waals surface area contributed by atoms with Gasteiger partial charge >= 0.3 is 18.0 Å². The van der Waals surface area contributed by atoms with Crippen LogP contribution in [-0.4, -0.2) is 60.5 Å². The lowest BCUT2D eigenvalue weighted by Gasteiger charge is -2.27. The van der Waals surface area contributed by atoms with Crippen LogP contribution in [0, 0.1) is 18.3 Å². The predicted octanol–water partition coefficient (Wildman–Crippen LogP) is 2.34. The van der Waals surface area contributed by atoms with Crippen LogP contribution in [-0.2, 0) is 19.1 Å². The zero-order chi connectivity index (χ0) is 24.3. The number of aliphatic carboxylic acids is 1. The normalized spacial score (nSPS) is 13.4. The van der Waals surface area contributed by atoms with Crippen molar-refractivity contribution in [3.63, 3.8) is 0 Å². The number of hydrogen-bond donors (Lipinski definition) is 4. The second kappa shape index (κ2) is 12.7. The number of amides is 2. The van der Waals surface area contributed by atoms with Crippen LogP contribution in [0.15, 0.2) is 18.2 Å². The highest BCUT2D eigenvalue weighted by atomic mass is 16.6. The van der Waals surface area contributed by atoms with Crippen molar-refractivity contribution >= 4 is 29.6 Å². The van der Waals surface area contributed by atoms with E-state index in [1.807, 2.05) is 0 Å². The van der Waals surface area contributed by atoms with Gasteiger partial charge in [0.05, 0.1) is 17.9 Å². The van der Waals surface area contributed by atoms with E-state index < -0.39 is 29.4 Å². The van der Waals surface area contributed by atoms with Gasteiger partial charge in [0, 0.05) is 17.8 Å². The first-order chi connectivity index (χ1) is 15.0. The lowest BCUT2D eigenvalue weighted by atomic mass is 9.79. The molecule has 0 fully saturated rings. The van der Waals surface area contributed by atoms with E-state index in [4.69, 9.17) is 19.7 Å². The maximum atomic E-state index is 12.4. The van der Waals surface area contributed by atoms with Crippen LogP contribution in [0.3, 0.4) is 0 Å². The molecule has 178 valence electrons. The number of rotatable bonds is 12. The number of ether oxygens (including phenoxy) is 2. The molecule has 4 N–H and O–H groups in total. The summed E-state index contributed by atoms with van der Waals surface area (Å²) >= 11 is 0. The van der Waals surface area contributed by atoms with Crippen LogP contribution >= 0.6 is 0 Å².